The second-order valence-electron chi connectivity index (χ2n) is 6.63. The summed E-state index contributed by atoms with van der Waals surface area (Å²) in [5.74, 6) is 0.569. The third-order valence-electron chi connectivity index (χ3n) is 4.46. The number of nitrogens with one attached hydrogen (secondary N) is 2. The van der Waals surface area contributed by atoms with Crippen molar-refractivity contribution in [3.63, 3.8) is 0 Å². The van der Waals surface area contributed by atoms with Crippen LogP contribution < -0.4 is 19.5 Å². The summed E-state index contributed by atoms with van der Waals surface area (Å²) in [6, 6.07) is 15.7. The molecule has 0 aliphatic heterocycles. The molecule has 0 saturated heterocycles. The monoisotopic (exact) mass is 460 g/mol. The third-order valence-corrected chi connectivity index (χ3v) is 6.16. The normalized spacial score (nSPS) is 11.0. The molecule has 3 aromatic rings. The van der Waals surface area contributed by atoms with Gasteiger partial charge in [0.1, 0.15) is 11.5 Å². The molecule has 0 fully saturated rings. The molecule has 0 radical (unpaired) electrons. The molecule has 0 heterocycles. The number of ether oxygens (including phenoxy) is 2. The molecule has 2 N–H and O–H groups in total. The SMILES string of the molecule is COc1ccc(OC)c(NC(=O)c2ccc(NS(=O)(=O)c3ccc(C)cc3)c(Cl)c2)c1. The first-order valence-electron chi connectivity index (χ1n) is 9.16. The zero-order valence-electron chi connectivity index (χ0n) is 17.1. The van der Waals surface area contributed by atoms with Crippen molar-refractivity contribution >= 4 is 38.9 Å². The molecule has 9 heteroatoms. The average molecular weight is 461 g/mol. The van der Waals surface area contributed by atoms with Crippen LogP contribution in [0, 0.1) is 6.92 Å². The Balaban J connectivity index is 1.80. The van der Waals surface area contributed by atoms with E-state index >= 15 is 0 Å². The first kappa shape index (κ1) is 22.5. The fourth-order valence-corrected chi connectivity index (χ4v) is 4.13. The minimum absolute atomic E-state index is 0.0842. The number of amides is 1. The van der Waals surface area contributed by atoms with Gasteiger partial charge in [0, 0.05) is 11.6 Å². The zero-order chi connectivity index (χ0) is 22.6. The number of aryl methyl sites for hydroxylation is 1. The molecule has 0 saturated carbocycles. The summed E-state index contributed by atoms with van der Waals surface area (Å²) in [6.45, 7) is 1.87. The molecule has 0 unspecified atom stereocenters. The van der Waals surface area contributed by atoms with Crippen LogP contribution in [0.3, 0.4) is 0 Å². The molecule has 0 aliphatic rings. The van der Waals surface area contributed by atoms with Gasteiger partial charge in [0.25, 0.3) is 15.9 Å². The van der Waals surface area contributed by atoms with Crippen molar-refractivity contribution in [3.8, 4) is 11.5 Å². The summed E-state index contributed by atoms with van der Waals surface area (Å²) in [4.78, 5) is 12.8. The van der Waals surface area contributed by atoms with Crippen molar-refractivity contribution in [1.82, 2.24) is 0 Å². The highest BCUT2D eigenvalue weighted by Crippen LogP contribution is 2.30. The van der Waals surface area contributed by atoms with Crippen LogP contribution in [0.25, 0.3) is 0 Å². The number of sulfonamides is 1. The molecule has 7 nitrogen and oxygen atoms in total. The molecule has 0 aromatic heterocycles. The van der Waals surface area contributed by atoms with E-state index in [4.69, 9.17) is 21.1 Å². The van der Waals surface area contributed by atoms with Crippen molar-refractivity contribution in [2.24, 2.45) is 0 Å². The minimum atomic E-state index is -3.82. The average Bonchev–Trinajstić information content (AvgIpc) is 2.75. The van der Waals surface area contributed by atoms with Crippen LogP contribution >= 0.6 is 11.6 Å². The number of carbonyl (C=O) groups is 1. The number of benzene rings is 3. The van der Waals surface area contributed by atoms with Crippen molar-refractivity contribution < 1.29 is 22.7 Å². The smallest absolute Gasteiger partial charge is 0.261 e. The summed E-state index contributed by atoms with van der Waals surface area (Å²) in [7, 11) is -0.810. The molecule has 0 aliphatic carbocycles. The first-order valence-corrected chi connectivity index (χ1v) is 11.0. The summed E-state index contributed by atoms with van der Waals surface area (Å²) in [6.07, 6.45) is 0. The van der Waals surface area contributed by atoms with E-state index < -0.39 is 15.9 Å². The lowest BCUT2D eigenvalue weighted by atomic mass is 10.2. The highest BCUT2D eigenvalue weighted by molar-refractivity contribution is 7.92. The van der Waals surface area contributed by atoms with Crippen molar-refractivity contribution in [2.45, 2.75) is 11.8 Å². The minimum Gasteiger partial charge on any atom is -0.497 e. The standard InChI is InChI=1S/C22H21ClN2O5S/c1-14-4-8-17(9-5-14)31(27,28)25-19-10-6-15(12-18(19)23)22(26)24-20-13-16(29-2)7-11-21(20)30-3/h4-13,25H,1-3H3,(H,24,26). The molecule has 0 spiro atoms. The highest BCUT2D eigenvalue weighted by Gasteiger charge is 2.17. The van der Waals surface area contributed by atoms with Crippen LogP contribution in [0.1, 0.15) is 15.9 Å². The summed E-state index contributed by atoms with van der Waals surface area (Å²) < 4.78 is 38.0. The van der Waals surface area contributed by atoms with Crippen LogP contribution in [0.2, 0.25) is 5.02 Å². The second kappa shape index (κ2) is 9.28. The second-order valence-corrected chi connectivity index (χ2v) is 8.72. The van der Waals surface area contributed by atoms with E-state index in [9.17, 15) is 13.2 Å². The van der Waals surface area contributed by atoms with Crippen LogP contribution in [0.15, 0.2) is 65.6 Å². The zero-order valence-corrected chi connectivity index (χ0v) is 18.7. The molecule has 3 rings (SSSR count). The molecule has 0 atom stereocenters. The number of anilines is 2. The molecule has 0 bridgehead atoms. The third kappa shape index (κ3) is 5.28. The number of methoxy groups -OCH3 is 2. The van der Waals surface area contributed by atoms with Gasteiger partial charge in [-0.25, -0.2) is 8.42 Å². The van der Waals surface area contributed by atoms with Gasteiger partial charge in [-0.1, -0.05) is 29.3 Å². The Kier molecular flexibility index (Phi) is 6.72. The van der Waals surface area contributed by atoms with Gasteiger partial charge in [0.05, 0.1) is 35.5 Å². The predicted molar refractivity (Wildman–Crippen MR) is 121 cm³/mol. The predicted octanol–water partition coefficient (Wildman–Crippen LogP) is 4.72. The fourth-order valence-electron chi connectivity index (χ4n) is 2.77. The molecular formula is C22H21ClN2O5S. The first-order chi connectivity index (χ1) is 14.7. The lowest BCUT2D eigenvalue weighted by Crippen LogP contribution is -2.15. The fraction of sp³-hybridized carbons (Fsp3) is 0.136. The maximum Gasteiger partial charge on any atom is 0.261 e. The Morgan fingerprint density at radius 2 is 1.61 bits per heavy atom. The van der Waals surface area contributed by atoms with Crippen molar-refractivity contribution in [1.29, 1.82) is 0 Å². The quantitative estimate of drug-likeness (QED) is 0.532. The number of rotatable bonds is 7. The largest absolute Gasteiger partial charge is 0.497 e. The van der Waals surface area contributed by atoms with Crippen LogP contribution in [-0.2, 0) is 10.0 Å². The van der Waals surface area contributed by atoms with Gasteiger partial charge in [-0.05, 0) is 49.4 Å². The number of hydrogen-bond donors (Lipinski definition) is 2. The highest BCUT2D eigenvalue weighted by atomic mass is 35.5. The van der Waals surface area contributed by atoms with Gasteiger partial charge in [-0.3, -0.25) is 9.52 Å². The van der Waals surface area contributed by atoms with Gasteiger partial charge < -0.3 is 14.8 Å². The van der Waals surface area contributed by atoms with Gasteiger partial charge in [0.2, 0.25) is 0 Å². The Bertz CT molecular complexity index is 1210. The van der Waals surface area contributed by atoms with E-state index in [0.717, 1.165) is 5.56 Å². The maximum absolute atomic E-state index is 12.7. The van der Waals surface area contributed by atoms with E-state index in [1.54, 1.807) is 30.3 Å². The van der Waals surface area contributed by atoms with E-state index in [1.165, 1.54) is 44.6 Å². The Labute approximate surface area is 186 Å². The van der Waals surface area contributed by atoms with E-state index in [-0.39, 0.29) is 21.2 Å². The Hall–Kier alpha value is -3.23. The Morgan fingerprint density at radius 1 is 0.903 bits per heavy atom. The van der Waals surface area contributed by atoms with Gasteiger partial charge in [-0.2, -0.15) is 0 Å². The van der Waals surface area contributed by atoms with E-state index in [1.807, 2.05) is 6.92 Å². The molecular weight excluding hydrogens is 440 g/mol. The van der Waals surface area contributed by atoms with Gasteiger partial charge in [0.15, 0.2) is 0 Å². The maximum atomic E-state index is 12.7. The van der Waals surface area contributed by atoms with E-state index in [2.05, 4.69) is 10.0 Å². The van der Waals surface area contributed by atoms with Gasteiger partial charge in [-0.15, -0.1) is 0 Å². The van der Waals surface area contributed by atoms with Crippen LogP contribution in [-0.4, -0.2) is 28.5 Å². The molecule has 31 heavy (non-hydrogen) atoms. The molecule has 1 amide bonds. The van der Waals surface area contributed by atoms with Crippen molar-refractivity contribution in [3.05, 3.63) is 76.8 Å². The van der Waals surface area contributed by atoms with Gasteiger partial charge >= 0.3 is 0 Å². The number of hydrogen-bond acceptors (Lipinski definition) is 5. The molecule has 162 valence electrons. The molecule has 3 aromatic carbocycles. The van der Waals surface area contributed by atoms with Crippen LogP contribution in [0.4, 0.5) is 11.4 Å². The summed E-state index contributed by atoms with van der Waals surface area (Å²) in [5.41, 5.74) is 1.78. The lowest BCUT2D eigenvalue weighted by Gasteiger charge is -2.13. The van der Waals surface area contributed by atoms with Crippen molar-refractivity contribution in [2.75, 3.05) is 24.3 Å². The summed E-state index contributed by atoms with van der Waals surface area (Å²) >= 11 is 6.25. The lowest BCUT2D eigenvalue weighted by molar-refractivity contribution is 0.102. The number of halogens is 1. The topological polar surface area (TPSA) is 93.7 Å². The van der Waals surface area contributed by atoms with E-state index in [0.29, 0.717) is 17.2 Å². The van der Waals surface area contributed by atoms with Crippen LogP contribution in [0.5, 0.6) is 11.5 Å². The summed E-state index contributed by atoms with van der Waals surface area (Å²) in [5, 5.41) is 2.82. The number of carbonyl (C=O) groups excluding carboxylic acids is 1. The Morgan fingerprint density at radius 3 is 2.23 bits per heavy atom.